The number of nitrogens with zero attached hydrogens (tertiary/aromatic N) is 10. The number of Topliss-reactive ketones (excluding diaryl/α,β-unsaturated/α-hetero) is 1. The molecule has 1 saturated heterocycles. The summed E-state index contributed by atoms with van der Waals surface area (Å²) in [6.07, 6.45) is 6.34. The smallest absolute Gasteiger partial charge is 0.350 e. The third-order valence-corrected chi connectivity index (χ3v) is 8.91. The molecular formula is C33H37N12O8P. The van der Waals surface area contributed by atoms with Gasteiger partial charge in [0, 0.05) is 37.9 Å². The van der Waals surface area contributed by atoms with Gasteiger partial charge < -0.3 is 44.3 Å². The third kappa shape index (κ3) is 8.26. The molecule has 5 N–H and O–H groups in total. The number of methoxy groups -OCH3 is 1. The molecule has 6 aromatic rings. The number of amides is 2. The molecule has 54 heavy (non-hydrogen) atoms. The Bertz CT molecular complexity index is 2350. The van der Waals surface area contributed by atoms with Gasteiger partial charge in [0.2, 0.25) is 0 Å². The van der Waals surface area contributed by atoms with Crippen molar-refractivity contribution in [3.63, 3.8) is 0 Å². The van der Waals surface area contributed by atoms with Crippen molar-refractivity contribution < 1.29 is 38.2 Å². The van der Waals surface area contributed by atoms with Crippen LogP contribution in [0.1, 0.15) is 33.5 Å². The van der Waals surface area contributed by atoms with E-state index in [2.05, 4.69) is 35.0 Å². The lowest BCUT2D eigenvalue weighted by Crippen LogP contribution is -2.52. The molecule has 0 radical (unpaired) electrons. The highest BCUT2D eigenvalue weighted by atomic mass is 31.2. The minimum absolute atomic E-state index is 0.0891. The predicted octanol–water partition coefficient (Wildman–Crippen LogP) is 1.58. The number of benzene rings is 1. The number of aromatic amines is 1. The van der Waals surface area contributed by atoms with Crippen molar-refractivity contribution in [2.75, 3.05) is 45.4 Å². The summed E-state index contributed by atoms with van der Waals surface area (Å²) < 4.78 is 24.4. The largest absolute Gasteiger partial charge is 0.494 e. The molecule has 0 spiro atoms. The zero-order valence-corrected chi connectivity index (χ0v) is 30.3. The van der Waals surface area contributed by atoms with E-state index >= 15 is 0 Å². The number of pyridine rings is 1. The van der Waals surface area contributed by atoms with Crippen molar-refractivity contribution >= 4 is 53.1 Å². The minimum Gasteiger partial charge on any atom is -0.494 e. The van der Waals surface area contributed by atoms with Gasteiger partial charge in [0.05, 0.1) is 48.7 Å². The van der Waals surface area contributed by atoms with Gasteiger partial charge in [-0.3, -0.25) is 18.9 Å². The number of H-pyrrole nitrogens is 1. The van der Waals surface area contributed by atoms with Gasteiger partial charge in [-0.15, -0.1) is 0 Å². The molecule has 0 aliphatic carbocycles. The van der Waals surface area contributed by atoms with E-state index in [0.29, 0.717) is 64.7 Å². The number of hydrogen-bond acceptors (Lipinski definition) is 13. The highest BCUT2D eigenvalue weighted by molar-refractivity contribution is 7.51. The van der Waals surface area contributed by atoms with Crippen molar-refractivity contribution in [3.05, 3.63) is 78.7 Å². The van der Waals surface area contributed by atoms with Gasteiger partial charge in [-0.1, -0.05) is 18.2 Å². The zero-order valence-electron chi connectivity index (χ0n) is 29.4. The monoisotopic (exact) mass is 760 g/mol. The highest BCUT2D eigenvalue weighted by Crippen LogP contribution is 2.34. The van der Waals surface area contributed by atoms with Crippen LogP contribution in [-0.2, 0) is 20.6 Å². The zero-order chi connectivity index (χ0) is 38.6. The van der Waals surface area contributed by atoms with E-state index in [0.717, 1.165) is 0 Å². The SMILES string of the molecule is COc1cnc(-n2cnc(C)n2)c2[nH]cc(C(=O)C(=O)N3CCN(C(=O)c4ccccc4)CC3)c12.C[C@H](Cn1cnc2c(N)ncnc21)OCP(=O)(O)O. The first kappa shape index (κ1) is 37.7. The molecule has 0 unspecified atom stereocenters. The van der Waals surface area contributed by atoms with Crippen LogP contribution in [0.4, 0.5) is 5.82 Å². The second-order valence-corrected chi connectivity index (χ2v) is 13.8. The van der Waals surface area contributed by atoms with E-state index in [4.69, 9.17) is 25.0 Å². The highest BCUT2D eigenvalue weighted by Gasteiger charge is 2.31. The van der Waals surface area contributed by atoms with Gasteiger partial charge in [-0.05, 0) is 26.0 Å². The Balaban J connectivity index is 0.000000221. The van der Waals surface area contributed by atoms with Crippen molar-refractivity contribution in [2.45, 2.75) is 26.5 Å². The lowest BCUT2D eigenvalue weighted by molar-refractivity contribution is -0.127. The standard InChI is InChI=1S/C24H23N7O4.C9H14N5O4P/c1-15-27-14-31(28-15)22-20-19(18(35-2)13-26-22)17(12-25-20)21(32)24(34)30-10-8-29(9-11-30)23(33)16-6-4-3-5-7-16;1-6(18-5-19(15,16)17)2-14-4-13-7-8(10)11-3-12-9(7)14/h3-7,12-14,25H,8-11H2,1-2H3;3-4,6H,2,5H2,1H3,(H2,10,11,12)(H2,15,16,17)/t;6-/m.1/s1. The van der Waals surface area contributed by atoms with Crippen LogP contribution in [0.3, 0.4) is 0 Å². The van der Waals surface area contributed by atoms with Gasteiger partial charge in [-0.2, -0.15) is 5.10 Å². The number of carbonyl (C=O) groups excluding carboxylic acids is 3. The number of ether oxygens (including phenoxy) is 2. The number of aryl methyl sites for hydroxylation is 1. The summed E-state index contributed by atoms with van der Waals surface area (Å²) in [4.78, 5) is 83.2. The van der Waals surface area contributed by atoms with Gasteiger partial charge >= 0.3 is 7.60 Å². The van der Waals surface area contributed by atoms with Crippen molar-refractivity contribution in [2.24, 2.45) is 0 Å². The van der Waals surface area contributed by atoms with Crippen LogP contribution >= 0.6 is 7.60 Å². The molecule has 5 aromatic heterocycles. The first-order valence-electron chi connectivity index (χ1n) is 16.5. The number of nitrogens with one attached hydrogen (secondary N) is 1. The van der Waals surface area contributed by atoms with Gasteiger partial charge in [0.25, 0.3) is 17.6 Å². The Hall–Kier alpha value is -6.08. The Morgan fingerprint density at radius 1 is 1.00 bits per heavy atom. The number of rotatable bonds is 10. The molecule has 0 saturated carbocycles. The van der Waals surface area contributed by atoms with Gasteiger partial charge in [-0.25, -0.2) is 29.6 Å². The molecular weight excluding hydrogens is 723 g/mol. The average molecular weight is 761 g/mol. The number of imidazole rings is 1. The molecule has 20 nitrogen and oxygen atoms in total. The number of ketones is 1. The van der Waals surface area contributed by atoms with Crippen LogP contribution in [-0.4, -0.2) is 127 Å². The van der Waals surface area contributed by atoms with E-state index in [1.54, 1.807) is 35.4 Å². The Kier molecular flexibility index (Phi) is 11.1. The number of carbonyl (C=O) groups is 3. The van der Waals surface area contributed by atoms with Gasteiger partial charge in [0.1, 0.15) is 36.1 Å². The van der Waals surface area contributed by atoms with Gasteiger partial charge in [0.15, 0.2) is 17.3 Å². The molecule has 2 amide bonds. The maximum absolute atomic E-state index is 13.3. The van der Waals surface area contributed by atoms with Crippen molar-refractivity contribution in [1.29, 1.82) is 0 Å². The molecule has 1 fully saturated rings. The summed E-state index contributed by atoms with van der Waals surface area (Å²) in [5.41, 5.74) is 7.99. The molecule has 6 heterocycles. The molecule has 282 valence electrons. The number of piperazine rings is 1. The summed E-state index contributed by atoms with van der Waals surface area (Å²) in [7, 11) is -2.68. The Morgan fingerprint density at radius 3 is 2.39 bits per heavy atom. The van der Waals surface area contributed by atoms with Crippen molar-refractivity contribution in [3.8, 4) is 11.6 Å². The molecule has 0 bridgehead atoms. The number of anilines is 1. The number of fused-ring (bicyclic) bond motifs is 2. The lowest BCUT2D eigenvalue weighted by atomic mass is 10.1. The van der Waals surface area contributed by atoms with Crippen LogP contribution < -0.4 is 10.5 Å². The fraction of sp³-hybridized carbons (Fsp3) is 0.303. The molecule has 7 rings (SSSR count). The van der Waals surface area contributed by atoms with Crippen LogP contribution in [0, 0.1) is 6.92 Å². The van der Waals surface area contributed by atoms with E-state index in [-0.39, 0.29) is 30.4 Å². The summed E-state index contributed by atoms with van der Waals surface area (Å²) >= 11 is 0. The number of aromatic nitrogens is 9. The first-order valence-corrected chi connectivity index (χ1v) is 18.3. The lowest BCUT2D eigenvalue weighted by Gasteiger charge is -2.34. The normalized spacial score (nSPS) is 13.8. The average Bonchev–Trinajstić information content (AvgIpc) is 3.93. The predicted molar refractivity (Wildman–Crippen MR) is 193 cm³/mol. The maximum Gasteiger partial charge on any atom is 0.350 e. The second kappa shape index (κ2) is 15.9. The molecule has 21 heteroatoms. The molecule has 1 aromatic carbocycles. The Morgan fingerprint density at radius 2 is 1.72 bits per heavy atom. The fourth-order valence-electron chi connectivity index (χ4n) is 5.78. The quantitative estimate of drug-likeness (QED) is 0.0878. The maximum atomic E-state index is 13.3. The van der Waals surface area contributed by atoms with Crippen LogP contribution in [0.25, 0.3) is 27.9 Å². The summed E-state index contributed by atoms with van der Waals surface area (Å²) in [5, 5.41) is 4.73. The Labute approximate surface area is 307 Å². The van der Waals surface area contributed by atoms with Crippen molar-refractivity contribution in [1.82, 2.24) is 54.1 Å². The summed E-state index contributed by atoms with van der Waals surface area (Å²) in [6, 6.07) is 9.00. The first-order chi connectivity index (χ1) is 25.8. The van der Waals surface area contributed by atoms with E-state index < -0.39 is 31.7 Å². The van der Waals surface area contributed by atoms with Crippen LogP contribution in [0.15, 0.2) is 61.7 Å². The van der Waals surface area contributed by atoms with E-state index in [1.807, 2.05) is 18.2 Å². The van der Waals surface area contributed by atoms with E-state index in [1.165, 1.54) is 48.1 Å². The van der Waals surface area contributed by atoms with E-state index in [9.17, 15) is 18.9 Å². The second-order valence-electron chi connectivity index (χ2n) is 12.2. The van der Waals surface area contributed by atoms with Crippen LogP contribution in [0.5, 0.6) is 5.75 Å². The third-order valence-electron chi connectivity index (χ3n) is 8.42. The summed E-state index contributed by atoms with van der Waals surface area (Å²) in [5.74, 6) is 0.260. The van der Waals surface area contributed by atoms with Crippen LogP contribution in [0.2, 0.25) is 0 Å². The summed E-state index contributed by atoms with van der Waals surface area (Å²) in [6.45, 7) is 5.06. The number of hydrogen-bond donors (Lipinski definition) is 4. The number of nitrogen functional groups attached to an aromatic ring is 1. The molecule has 1 atom stereocenters. The molecule has 1 aliphatic heterocycles. The molecule has 1 aliphatic rings. The topological polar surface area (TPSA) is 263 Å². The number of nitrogens with two attached hydrogens (primary N) is 1. The fourth-order valence-corrected chi connectivity index (χ4v) is 6.23. The minimum atomic E-state index is -4.16.